The van der Waals surface area contributed by atoms with Crippen LogP contribution in [-0.2, 0) is 6.42 Å². The molecule has 0 aliphatic carbocycles. The zero-order valence-corrected chi connectivity index (χ0v) is 18.8. The molecular weight excluding hydrogens is 418 g/mol. The SMILES string of the molecule is COc1ccc(CCNC(=O)c2ccccc2NC(=O)c2cnc3cc(C)nn3c2C)cc1. The van der Waals surface area contributed by atoms with Crippen LogP contribution in [0.3, 0.4) is 0 Å². The number of carbonyl (C=O) groups is 2. The van der Waals surface area contributed by atoms with E-state index in [-0.39, 0.29) is 11.8 Å². The molecule has 0 saturated heterocycles. The van der Waals surface area contributed by atoms with E-state index in [0.717, 1.165) is 17.0 Å². The van der Waals surface area contributed by atoms with Gasteiger partial charge in [0, 0.05) is 18.8 Å². The quantitative estimate of drug-likeness (QED) is 0.455. The van der Waals surface area contributed by atoms with Crippen molar-refractivity contribution < 1.29 is 14.3 Å². The summed E-state index contributed by atoms with van der Waals surface area (Å²) in [4.78, 5) is 30.1. The number of anilines is 1. The molecule has 0 bridgehead atoms. The summed E-state index contributed by atoms with van der Waals surface area (Å²) in [6, 6.07) is 16.5. The number of para-hydroxylation sites is 1. The van der Waals surface area contributed by atoms with Crippen molar-refractivity contribution in [3.63, 3.8) is 0 Å². The summed E-state index contributed by atoms with van der Waals surface area (Å²) in [5.74, 6) is 0.181. The molecule has 0 radical (unpaired) electrons. The molecule has 2 aromatic carbocycles. The van der Waals surface area contributed by atoms with E-state index in [1.165, 1.54) is 6.20 Å². The molecule has 0 spiro atoms. The van der Waals surface area contributed by atoms with Gasteiger partial charge in [-0.1, -0.05) is 24.3 Å². The number of ether oxygens (including phenoxy) is 1. The number of fused-ring (bicyclic) bond motifs is 1. The average Bonchev–Trinajstić information content (AvgIpc) is 3.21. The summed E-state index contributed by atoms with van der Waals surface area (Å²) in [7, 11) is 1.62. The number of nitrogens with one attached hydrogen (secondary N) is 2. The van der Waals surface area contributed by atoms with E-state index >= 15 is 0 Å². The molecule has 0 aliphatic heterocycles. The Morgan fingerprint density at radius 2 is 1.76 bits per heavy atom. The van der Waals surface area contributed by atoms with Gasteiger partial charge in [-0.05, 0) is 50.1 Å². The van der Waals surface area contributed by atoms with Crippen LogP contribution in [0.2, 0.25) is 0 Å². The van der Waals surface area contributed by atoms with E-state index in [1.807, 2.05) is 44.2 Å². The first-order valence-corrected chi connectivity index (χ1v) is 10.6. The van der Waals surface area contributed by atoms with E-state index in [1.54, 1.807) is 35.9 Å². The van der Waals surface area contributed by atoms with Crippen LogP contribution in [-0.4, -0.2) is 40.1 Å². The zero-order chi connectivity index (χ0) is 23.4. The molecule has 0 saturated carbocycles. The first-order valence-electron chi connectivity index (χ1n) is 10.6. The lowest BCUT2D eigenvalue weighted by Gasteiger charge is -2.13. The fraction of sp³-hybridized carbons (Fsp3) is 0.200. The Morgan fingerprint density at radius 3 is 2.52 bits per heavy atom. The zero-order valence-electron chi connectivity index (χ0n) is 18.8. The lowest BCUT2D eigenvalue weighted by atomic mass is 10.1. The lowest BCUT2D eigenvalue weighted by Crippen LogP contribution is -2.27. The number of carbonyl (C=O) groups excluding carboxylic acids is 2. The maximum Gasteiger partial charge on any atom is 0.259 e. The van der Waals surface area contributed by atoms with E-state index in [4.69, 9.17) is 4.74 Å². The largest absolute Gasteiger partial charge is 0.497 e. The molecule has 2 aromatic heterocycles. The number of aromatic nitrogens is 3. The van der Waals surface area contributed by atoms with Crippen molar-refractivity contribution in [1.29, 1.82) is 0 Å². The molecule has 4 aromatic rings. The number of methoxy groups -OCH3 is 1. The summed E-state index contributed by atoms with van der Waals surface area (Å²) < 4.78 is 6.80. The molecule has 0 unspecified atom stereocenters. The van der Waals surface area contributed by atoms with E-state index in [2.05, 4.69) is 20.7 Å². The topological polar surface area (TPSA) is 97.6 Å². The highest BCUT2D eigenvalue weighted by atomic mass is 16.5. The number of hydrogen-bond donors (Lipinski definition) is 2. The van der Waals surface area contributed by atoms with Gasteiger partial charge in [0.05, 0.1) is 35.3 Å². The third-order valence-electron chi connectivity index (χ3n) is 5.37. The van der Waals surface area contributed by atoms with Crippen molar-refractivity contribution in [2.75, 3.05) is 19.0 Å². The first kappa shape index (κ1) is 22.0. The Hall–Kier alpha value is -4.20. The molecule has 8 nitrogen and oxygen atoms in total. The smallest absolute Gasteiger partial charge is 0.259 e. The Balaban J connectivity index is 1.45. The summed E-state index contributed by atoms with van der Waals surface area (Å²) in [6.07, 6.45) is 2.21. The standard InChI is InChI=1S/C25H25N5O3/c1-16-14-23-27-15-21(17(2)30(23)29-16)25(32)28-22-7-5-4-6-20(22)24(31)26-13-12-18-8-10-19(33-3)11-9-18/h4-11,14-15H,12-13H2,1-3H3,(H,26,31)(H,28,32). The molecule has 8 heteroatoms. The fourth-order valence-corrected chi connectivity index (χ4v) is 3.57. The van der Waals surface area contributed by atoms with E-state index in [0.29, 0.717) is 41.1 Å². The number of rotatable bonds is 7. The highest BCUT2D eigenvalue weighted by molar-refractivity contribution is 6.09. The van der Waals surface area contributed by atoms with Gasteiger partial charge in [-0.2, -0.15) is 5.10 Å². The summed E-state index contributed by atoms with van der Waals surface area (Å²) in [6.45, 7) is 4.15. The minimum absolute atomic E-state index is 0.257. The number of hydrogen-bond acceptors (Lipinski definition) is 5. The van der Waals surface area contributed by atoms with Crippen molar-refractivity contribution in [3.05, 3.63) is 88.9 Å². The van der Waals surface area contributed by atoms with E-state index < -0.39 is 0 Å². The monoisotopic (exact) mass is 443 g/mol. The van der Waals surface area contributed by atoms with Gasteiger partial charge in [0.1, 0.15) is 5.75 Å². The Kier molecular flexibility index (Phi) is 6.35. The van der Waals surface area contributed by atoms with Crippen LogP contribution >= 0.6 is 0 Å². The molecule has 2 amide bonds. The second-order valence-corrected chi connectivity index (χ2v) is 7.67. The normalized spacial score (nSPS) is 10.8. The molecular formula is C25H25N5O3. The molecule has 2 heterocycles. The molecule has 168 valence electrons. The predicted molar refractivity (Wildman–Crippen MR) is 126 cm³/mol. The van der Waals surface area contributed by atoms with Gasteiger partial charge in [0.15, 0.2) is 5.65 Å². The second kappa shape index (κ2) is 9.52. The predicted octanol–water partition coefficient (Wildman–Crippen LogP) is 3.58. The third-order valence-corrected chi connectivity index (χ3v) is 5.37. The number of benzene rings is 2. The minimum atomic E-state index is -0.353. The molecule has 2 N–H and O–H groups in total. The van der Waals surface area contributed by atoms with Crippen molar-refractivity contribution in [2.24, 2.45) is 0 Å². The number of nitrogens with zero attached hydrogens (tertiary/aromatic N) is 3. The minimum Gasteiger partial charge on any atom is -0.497 e. The Bertz CT molecular complexity index is 1310. The van der Waals surface area contributed by atoms with Crippen LogP contribution in [0.5, 0.6) is 5.75 Å². The van der Waals surface area contributed by atoms with Crippen molar-refractivity contribution in [1.82, 2.24) is 19.9 Å². The van der Waals surface area contributed by atoms with Crippen LogP contribution in [0.1, 0.15) is 37.7 Å². The van der Waals surface area contributed by atoms with Crippen molar-refractivity contribution in [3.8, 4) is 5.75 Å². The molecule has 0 fully saturated rings. The first-order chi connectivity index (χ1) is 16.0. The van der Waals surface area contributed by atoms with Gasteiger partial charge in [0.25, 0.3) is 11.8 Å². The Morgan fingerprint density at radius 1 is 1.00 bits per heavy atom. The van der Waals surface area contributed by atoms with Crippen LogP contribution in [0.4, 0.5) is 5.69 Å². The molecule has 4 rings (SSSR count). The van der Waals surface area contributed by atoms with Gasteiger partial charge in [-0.15, -0.1) is 0 Å². The maximum absolute atomic E-state index is 13.0. The van der Waals surface area contributed by atoms with Gasteiger partial charge in [-0.25, -0.2) is 9.50 Å². The van der Waals surface area contributed by atoms with Crippen LogP contribution in [0, 0.1) is 13.8 Å². The van der Waals surface area contributed by atoms with E-state index in [9.17, 15) is 9.59 Å². The van der Waals surface area contributed by atoms with Crippen molar-refractivity contribution in [2.45, 2.75) is 20.3 Å². The van der Waals surface area contributed by atoms with Crippen LogP contribution in [0.25, 0.3) is 5.65 Å². The molecule has 33 heavy (non-hydrogen) atoms. The molecule has 0 aliphatic rings. The van der Waals surface area contributed by atoms with Gasteiger partial charge in [0.2, 0.25) is 0 Å². The summed E-state index contributed by atoms with van der Waals surface area (Å²) >= 11 is 0. The van der Waals surface area contributed by atoms with Crippen LogP contribution in [0.15, 0.2) is 60.8 Å². The summed E-state index contributed by atoms with van der Waals surface area (Å²) in [5, 5.41) is 10.1. The van der Waals surface area contributed by atoms with Gasteiger partial charge < -0.3 is 15.4 Å². The second-order valence-electron chi connectivity index (χ2n) is 7.67. The van der Waals surface area contributed by atoms with Crippen molar-refractivity contribution >= 4 is 23.1 Å². The summed E-state index contributed by atoms with van der Waals surface area (Å²) in [5.41, 5.74) is 4.47. The average molecular weight is 444 g/mol. The third kappa shape index (κ3) is 4.85. The highest BCUT2D eigenvalue weighted by Crippen LogP contribution is 2.18. The Labute approximate surface area is 191 Å². The maximum atomic E-state index is 13.0. The van der Waals surface area contributed by atoms with Crippen LogP contribution < -0.4 is 15.4 Å². The fourth-order valence-electron chi connectivity index (χ4n) is 3.57. The lowest BCUT2D eigenvalue weighted by molar-refractivity contribution is 0.0955. The van der Waals surface area contributed by atoms with Gasteiger partial charge >= 0.3 is 0 Å². The molecule has 0 atom stereocenters. The number of aryl methyl sites for hydroxylation is 2. The highest BCUT2D eigenvalue weighted by Gasteiger charge is 2.17. The van der Waals surface area contributed by atoms with Gasteiger partial charge in [-0.3, -0.25) is 9.59 Å². The number of amides is 2.